The number of sulfonamides is 1. The number of anilines is 1. The first-order chi connectivity index (χ1) is 14.7. The van der Waals surface area contributed by atoms with Crippen LogP contribution in [0.1, 0.15) is 11.1 Å². The first kappa shape index (κ1) is 20.7. The van der Waals surface area contributed by atoms with Gasteiger partial charge in [-0.3, -0.25) is 9.29 Å². The summed E-state index contributed by atoms with van der Waals surface area (Å²) in [5.74, 6) is 0.293. The lowest BCUT2D eigenvalue weighted by Crippen LogP contribution is -2.38. The Morgan fingerprint density at radius 1 is 1.03 bits per heavy atom. The highest BCUT2D eigenvalue weighted by Crippen LogP contribution is 2.42. The van der Waals surface area contributed by atoms with E-state index in [2.05, 4.69) is 4.98 Å². The van der Waals surface area contributed by atoms with Gasteiger partial charge in [0.1, 0.15) is 12.3 Å². The molecule has 0 radical (unpaired) electrons. The number of hydrogen-bond acceptors (Lipinski definition) is 5. The summed E-state index contributed by atoms with van der Waals surface area (Å²) in [6.07, 6.45) is -1.70. The van der Waals surface area contributed by atoms with Crippen molar-refractivity contribution in [3.63, 3.8) is 0 Å². The van der Waals surface area contributed by atoms with Gasteiger partial charge in [0, 0.05) is 11.8 Å². The van der Waals surface area contributed by atoms with Gasteiger partial charge >= 0.3 is 6.18 Å². The van der Waals surface area contributed by atoms with Crippen molar-refractivity contribution in [1.82, 2.24) is 4.98 Å². The molecule has 1 aliphatic rings. The van der Waals surface area contributed by atoms with Crippen molar-refractivity contribution in [3.8, 4) is 22.9 Å². The van der Waals surface area contributed by atoms with Gasteiger partial charge in [-0.1, -0.05) is 12.1 Å². The fourth-order valence-corrected chi connectivity index (χ4v) is 4.68. The minimum Gasteiger partial charge on any atom is -0.489 e. The van der Waals surface area contributed by atoms with Crippen molar-refractivity contribution in [1.29, 1.82) is 5.26 Å². The SMILES string of the molecule is N#Cc1ccc(-c2cncc3c2OCCN3S(=O)(=O)c2ccc(C(F)(F)F)cc2)cc1. The van der Waals surface area contributed by atoms with Crippen LogP contribution in [0.25, 0.3) is 11.1 Å². The highest BCUT2D eigenvalue weighted by atomic mass is 32.2. The second-order valence-electron chi connectivity index (χ2n) is 6.67. The van der Waals surface area contributed by atoms with E-state index in [0.717, 1.165) is 28.6 Å². The van der Waals surface area contributed by atoms with Crippen LogP contribution in [0.15, 0.2) is 65.8 Å². The third kappa shape index (κ3) is 3.80. The van der Waals surface area contributed by atoms with E-state index in [-0.39, 0.29) is 23.7 Å². The fraction of sp³-hybridized carbons (Fsp3) is 0.143. The molecule has 0 unspecified atom stereocenters. The monoisotopic (exact) mass is 445 g/mol. The number of hydrogen-bond donors (Lipinski definition) is 0. The van der Waals surface area contributed by atoms with E-state index in [1.807, 2.05) is 6.07 Å². The Morgan fingerprint density at radius 3 is 2.32 bits per heavy atom. The summed E-state index contributed by atoms with van der Waals surface area (Å²) in [6.45, 7) is 0.0367. The number of alkyl halides is 3. The highest BCUT2D eigenvalue weighted by molar-refractivity contribution is 7.92. The number of pyridine rings is 1. The average molecular weight is 445 g/mol. The third-order valence-electron chi connectivity index (χ3n) is 4.78. The van der Waals surface area contributed by atoms with Crippen LogP contribution in [0.3, 0.4) is 0 Å². The number of halogens is 3. The first-order valence-corrected chi connectivity index (χ1v) is 10.5. The minimum absolute atomic E-state index is 0.0190. The van der Waals surface area contributed by atoms with Gasteiger partial charge < -0.3 is 4.74 Å². The van der Waals surface area contributed by atoms with Crippen molar-refractivity contribution < 1.29 is 26.3 Å². The number of fused-ring (bicyclic) bond motifs is 1. The Morgan fingerprint density at radius 2 is 1.71 bits per heavy atom. The van der Waals surface area contributed by atoms with E-state index in [9.17, 15) is 21.6 Å². The van der Waals surface area contributed by atoms with Crippen molar-refractivity contribution >= 4 is 15.7 Å². The van der Waals surface area contributed by atoms with Crippen molar-refractivity contribution in [2.45, 2.75) is 11.1 Å². The van der Waals surface area contributed by atoms with Gasteiger partial charge in [0.15, 0.2) is 5.75 Å². The number of rotatable bonds is 3. The van der Waals surface area contributed by atoms with Crippen molar-refractivity contribution in [2.75, 3.05) is 17.5 Å². The molecule has 0 spiro atoms. The summed E-state index contributed by atoms with van der Waals surface area (Å²) in [4.78, 5) is 3.85. The van der Waals surface area contributed by atoms with Crippen LogP contribution in [0.2, 0.25) is 0 Å². The topological polar surface area (TPSA) is 83.3 Å². The molecule has 1 aliphatic heterocycles. The molecule has 0 fully saturated rings. The molecule has 2 heterocycles. The van der Waals surface area contributed by atoms with Gasteiger partial charge in [-0.15, -0.1) is 0 Å². The Balaban J connectivity index is 1.75. The Kier molecular flexibility index (Phi) is 5.07. The lowest BCUT2D eigenvalue weighted by atomic mass is 10.0. The zero-order valence-electron chi connectivity index (χ0n) is 15.8. The second kappa shape index (κ2) is 7.59. The molecule has 1 aromatic heterocycles. The maximum atomic E-state index is 13.2. The predicted octanol–water partition coefficient (Wildman–Crippen LogP) is 4.23. The molecule has 0 aliphatic carbocycles. The molecule has 3 aromatic rings. The average Bonchev–Trinajstić information content (AvgIpc) is 2.78. The van der Waals surface area contributed by atoms with Crippen LogP contribution in [0.4, 0.5) is 18.9 Å². The molecule has 0 saturated heterocycles. The van der Waals surface area contributed by atoms with Crippen LogP contribution in [0.5, 0.6) is 5.75 Å². The zero-order chi connectivity index (χ0) is 22.2. The van der Waals surface area contributed by atoms with Crippen molar-refractivity contribution in [3.05, 3.63) is 72.1 Å². The summed E-state index contributed by atoms with van der Waals surface area (Å²) in [5, 5.41) is 8.96. The van der Waals surface area contributed by atoms with E-state index >= 15 is 0 Å². The van der Waals surface area contributed by atoms with Gasteiger partial charge in [-0.25, -0.2) is 8.42 Å². The highest BCUT2D eigenvalue weighted by Gasteiger charge is 2.34. The molecule has 4 rings (SSSR count). The van der Waals surface area contributed by atoms with Crippen LogP contribution >= 0.6 is 0 Å². The summed E-state index contributed by atoms with van der Waals surface area (Å²) in [6, 6.07) is 12.0. The molecular weight excluding hydrogens is 431 g/mol. The lowest BCUT2D eigenvalue weighted by Gasteiger charge is -2.31. The maximum Gasteiger partial charge on any atom is 0.416 e. The lowest BCUT2D eigenvalue weighted by molar-refractivity contribution is -0.137. The Labute approximate surface area is 176 Å². The standard InChI is InChI=1S/C21H14F3N3O3S/c22-21(23,24)16-5-7-17(8-6-16)31(28,29)27-9-10-30-20-18(12-26-13-19(20)27)15-3-1-14(11-25)2-4-15/h1-8,12-13H,9-10H2. The third-order valence-corrected chi connectivity index (χ3v) is 6.61. The largest absolute Gasteiger partial charge is 0.489 e. The van der Waals surface area contributed by atoms with Gasteiger partial charge in [0.05, 0.1) is 34.8 Å². The summed E-state index contributed by atoms with van der Waals surface area (Å²) >= 11 is 0. The number of benzene rings is 2. The molecule has 0 amide bonds. The summed E-state index contributed by atoms with van der Waals surface area (Å²) in [5.41, 5.74) is 0.937. The van der Waals surface area contributed by atoms with Crippen LogP contribution in [0, 0.1) is 11.3 Å². The molecule has 6 nitrogen and oxygen atoms in total. The minimum atomic E-state index is -4.56. The van der Waals surface area contributed by atoms with Crippen molar-refractivity contribution in [2.24, 2.45) is 0 Å². The quantitative estimate of drug-likeness (QED) is 0.603. The maximum absolute atomic E-state index is 13.2. The van der Waals surface area contributed by atoms with E-state index in [4.69, 9.17) is 10.00 Å². The van der Waals surface area contributed by atoms with E-state index in [0.29, 0.717) is 22.4 Å². The molecule has 158 valence electrons. The van der Waals surface area contributed by atoms with E-state index in [1.165, 1.54) is 12.4 Å². The summed E-state index contributed by atoms with van der Waals surface area (Å²) < 4.78 is 71.6. The molecule has 10 heteroatoms. The number of ether oxygens (including phenoxy) is 1. The van der Waals surface area contributed by atoms with Gasteiger partial charge in [0.25, 0.3) is 10.0 Å². The van der Waals surface area contributed by atoms with E-state index < -0.39 is 21.8 Å². The molecule has 0 atom stereocenters. The Bertz CT molecular complexity index is 1270. The van der Waals surface area contributed by atoms with E-state index in [1.54, 1.807) is 24.3 Å². The first-order valence-electron chi connectivity index (χ1n) is 9.03. The molecule has 2 aromatic carbocycles. The smallest absolute Gasteiger partial charge is 0.416 e. The van der Waals surface area contributed by atoms with Crippen LogP contribution in [-0.4, -0.2) is 26.6 Å². The second-order valence-corrected chi connectivity index (χ2v) is 8.53. The Hall–Kier alpha value is -3.58. The molecule has 31 heavy (non-hydrogen) atoms. The number of nitriles is 1. The van der Waals surface area contributed by atoms with Gasteiger partial charge in [-0.05, 0) is 42.0 Å². The fourth-order valence-electron chi connectivity index (χ4n) is 3.24. The van der Waals surface area contributed by atoms with Crippen LogP contribution < -0.4 is 9.04 Å². The predicted molar refractivity (Wildman–Crippen MR) is 106 cm³/mol. The molecule has 0 saturated carbocycles. The molecule has 0 N–H and O–H groups in total. The summed E-state index contributed by atoms with van der Waals surface area (Å²) in [7, 11) is -4.14. The number of nitrogens with zero attached hydrogens (tertiary/aromatic N) is 3. The number of aromatic nitrogens is 1. The normalized spacial score (nSPS) is 13.8. The van der Waals surface area contributed by atoms with Gasteiger partial charge in [0.2, 0.25) is 0 Å². The van der Waals surface area contributed by atoms with Gasteiger partial charge in [-0.2, -0.15) is 18.4 Å². The zero-order valence-corrected chi connectivity index (χ0v) is 16.6. The molecule has 0 bridgehead atoms. The molecular formula is C21H14F3N3O3S. The van der Waals surface area contributed by atoms with Crippen LogP contribution in [-0.2, 0) is 16.2 Å².